The van der Waals surface area contributed by atoms with E-state index < -0.39 is 0 Å². The van der Waals surface area contributed by atoms with Gasteiger partial charge in [-0.3, -0.25) is 0 Å². The number of nitrogens with two attached hydrogens (primary N) is 1. The minimum Gasteiger partial charge on any atom is -0.493 e. The smallest absolute Gasteiger partial charge is 0.125 e. The molecule has 100 valence electrons. The van der Waals surface area contributed by atoms with Crippen LogP contribution in [0.3, 0.4) is 0 Å². The predicted octanol–water partition coefficient (Wildman–Crippen LogP) is 3.96. The first-order chi connectivity index (χ1) is 8.47. The molecular formula is C14H20ClNOS. The molecule has 0 amide bonds. The van der Waals surface area contributed by atoms with Crippen LogP contribution in [0.2, 0.25) is 5.02 Å². The van der Waals surface area contributed by atoms with Gasteiger partial charge in [-0.15, -0.1) is 0 Å². The van der Waals surface area contributed by atoms with Crippen LogP contribution in [-0.4, -0.2) is 11.6 Å². The van der Waals surface area contributed by atoms with Gasteiger partial charge in [-0.2, -0.15) is 0 Å². The summed E-state index contributed by atoms with van der Waals surface area (Å²) < 4.78 is 5.84. The second kappa shape index (κ2) is 6.95. The molecule has 0 radical (unpaired) electrons. The van der Waals surface area contributed by atoms with Crippen molar-refractivity contribution in [1.29, 1.82) is 0 Å². The van der Waals surface area contributed by atoms with Crippen molar-refractivity contribution in [3.63, 3.8) is 0 Å². The molecule has 0 heterocycles. The zero-order valence-corrected chi connectivity index (χ0v) is 12.8. The topological polar surface area (TPSA) is 35.2 Å². The Morgan fingerprint density at radius 3 is 2.67 bits per heavy atom. The highest BCUT2D eigenvalue weighted by Gasteiger charge is 2.14. The van der Waals surface area contributed by atoms with Crippen LogP contribution < -0.4 is 10.5 Å². The Kier molecular flexibility index (Phi) is 5.89. The van der Waals surface area contributed by atoms with Crippen LogP contribution in [0.15, 0.2) is 6.07 Å². The van der Waals surface area contributed by atoms with E-state index in [0.717, 1.165) is 40.3 Å². The maximum absolute atomic E-state index is 6.22. The Hall–Kier alpha value is -0.800. The van der Waals surface area contributed by atoms with E-state index in [0.29, 0.717) is 18.0 Å². The second-order valence-corrected chi connectivity index (χ2v) is 5.35. The van der Waals surface area contributed by atoms with Gasteiger partial charge in [0, 0.05) is 11.4 Å². The van der Waals surface area contributed by atoms with Gasteiger partial charge in [-0.05, 0) is 49.4 Å². The lowest BCUT2D eigenvalue weighted by molar-refractivity contribution is 0.312. The van der Waals surface area contributed by atoms with E-state index in [4.69, 9.17) is 34.3 Å². The van der Waals surface area contributed by atoms with Gasteiger partial charge in [-0.25, -0.2) is 0 Å². The van der Waals surface area contributed by atoms with Crippen molar-refractivity contribution in [3.8, 4) is 5.75 Å². The summed E-state index contributed by atoms with van der Waals surface area (Å²) >= 11 is 11.2. The van der Waals surface area contributed by atoms with E-state index in [2.05, 4.69) is 6.92 Å². The molecule has 0 aliphatic rings. The number of rotatable bonds is 6. The molecular weight excluding hydrogens is 266 g/mol. The highest BCUT2D eigenvalue weighted by molar-refractivity contribution is 7.80. The van der Waals surface area contributed by atoms with Crippen LogP contribution in [-0.2, 0) is 6.42 Å². The molecule has 1 aromatic carbocycles. The summed E-state index contributed by atoms with van der Waals surface area (Å²) in [7, 11) is 0. The van der Waals surface area contributed by atoms with Crippen molar-refractivity contribution < 1.29 is 4.74 Å². The predicted molar refractivity (Wildman–Crippen MR) is 81.8 cm³/mol. The van der Waals surface area contributed by atoms with Crippen molar-refractivity contribution in [2.75, 3.05) is 6.61 Å². The van der Waals surface area contributed by atoms with Crippen LogP contribution in [0, 0.1) is 13.8 Å². The quantitative estimate of drug-likeness (QED) is 0.804. The lowest BCUT2D eigenvalue weighted by Crippen LogP contribution is -2.11. The van der Waals surface area contributed by atoms with E-state index in [1.807, 2.05) is 19.9 Å². The van der Waals surface area contributed by atoms with E-state index in [9.17, 15) is 0 Å². The van der Waals surface area contributed by atoms with Gasteiger partial charge in [0.15, 0.2) is 0 Å². The Morgan fingerprint density at radius 1 is 1.44 bits per heavy atom. The van der Waals surface area contributed by atoms with Gasteiger partial charge in [0.25, 0.3) is 0 Å². The summed E-state index contributed by atoms with van der Waals surface area (Å²) in [5.41, 5.74) is 8.83. The molecule has 4 heteroatoms. The fraction of sp³-hybridized carbons (Fsp3) is 0.500. The maximum atomic E-state index is 6.22. The van der Waals surface area contributed by atoms with E-state index >= 15 is 0 Å². The molecule has 0 atom stereocenters. The minimum atomic E-state index is 0.522. The third-order valence-corrected chi connectivity index (χ3v) is 3.46. The van der Waals surface area contributed by atoms with E-state index in [1.165, 1.54) is 0 Å². The Morgan fingerprint density at radius 2 is 2.11 bits per heavy atom. The van der Waals surface area contributed by atoms with Crippen LogP contribution in [0.1, 0.15) is 36.5 Å². The lowest BCUT2D eigenvalue weighted by Gasteiger charge is -2.17. The van der Waals surface area contributed by atoms with Crippen LogP contribution in [0.25, 0.3) is 0 Å². The highest BCUT2D eigenvalue weighted by Crippen LogP contribution is 2.33. The summed E-state index contributed by atoms with van der Waals surface area (Å²) in [5.74, 6) is 0.940. The SMILES string of the molecule is CCCOc1c(C)cc(Cl)c(C)c1CCC(N)=S. The molecule has 0 bridgehead atoms. The van der Waals surface area contributed by atoms with Crippen molar-refractivity contribution in [3.05, 3.63) is 27.8 Å². The number of aryl methyl sites for hydroxylation is 1. The zero-order chi connectivity index (χ0) is 13.7. The standard InChI is InChI=1S/C14H20ClNOS/c1-4-7-17-14-9(2)8-12(15)10(3)11(14)5-6-13(16)18/h8H,4-7H2,1-3H3,(H2,16,18). The minimum absolute atomic E-state index is 0.522. The average Bonchev–Trinajstić information content (AvgIpc) is 2.30. The number of ether oxygens (including phenoxy) is 1. The summed E-state index contributed by atoms with van der Waals surface area (Å²) in [6.07, 6.45) is 2.44. The Bertz CT molecular complexity index is 446. The van der Waals surface area contributed by atoms with Gasteiger partial charge < -0.3 is 10.5 Å². The summed E-state index contributed by atoms with van der Waals surface area (Å²) in [5, 5.41) is 0.772. The van der Waals surface area contributed by atoms with Crippen LogP contribution in [0.4, 0.5) is 0 Å². The summed E-state index contributed by atoms with van der Waals surface area (Å²) in [6.45, 7) is 6.82. The molecule has 2 N–H and O–H groups in total. The number of thiocarbonyl (C=S) groups is 1. The zero-order valence-electron chi connectivity index (χ0n) is 11.2. The molecule has 0 saturated heterocycles. The maximum Gasteiger partial charge on any atom is 0.125 e. The van der Waals surface area contributed by atoms with Gasteiger partial charge in [0.05, 0.1) is 11.6 Å². The molecule has 0 aliphatic heterocycles. The molecule has 0 aromatic heterocycles. The first-order valence-corrected chi connectivity index (χ1v) is 6.95. The molecule has 18 heavy (non-hydrogen) atoms. The molecule has 0 spiro atoms. The number of halogens is 1. The average molecular weight is 286 g/mol. The molecule has 1 rings (SSSR count). The molecule has 0 saturated carbocycles. The van der Waals surface area contributed by atoms with Gasteiger partial charge in [0.2, 0.25) is 0 Å². The summed E-state index contributed by atoms with van der Waals surface area (Å²) in [4.78, 5) is 0.522. The lowest BCUT2D eigenvalue weighted by atomic mass is 9.99. The van der Waals surface area contributed by atoms with Crippen molar-refractivity contribution in [2.24, 2.45) is 5.73 Å². The third kappa shape index (κ3) is 3.85. The number of hydrogen-bond donors (Lipinski definition) is 1. The van der Waals surface area contributed by atoms with Crippen LogP contribution in [0.5, 0.6) is 5.75 Å². The second-order valence-electron chi connectivity index (χ2n) is 4.42. The van der Waals surface area contributed by atoms with Gasteiger partial charge >= 0.3 is 0 Å². The number of benzene rings is 1. The highest BCUT2D eigenvalue weighted by atomic mass is 35.5. The Balaban J connectivity index is 3.11. The fourth-order valence-electron chi connectivity index (χ4n) is 1.87. The van der Waals surface area contributed by atoms with Gasteiger partial charge in [-0.1, -0.05) is 30.7 Å². The van der Waals surface area contributed by atoms with Crippen molar-refractivity contribution >= 4 is 28.8 Å². The normalized spacial score (nSPS) is 10.4. The molecule has 2 nitrogen and oxygen atoms in total. The summed E-state index contributed by atoms with van der Waals surface area (Å²) in [6, 6.07) is 1.95. The van der Waals surface area contributed by atoms with E-state index in [-0.39, 0.29) is 0 Å². The third-order valence-electron chi connectivity index (χ3n) is 2.86. The molecule has 0 unspecified atom stereocenters. The molecule has 1 aromatic rings. The fourth-order valence-corrected chi connectivity index (χ4v) is 2.25. The first-order valence-electron chi connectivity index (χ1n) is 6.17. The van der Waals surface area contributed by atoms with Crippen LogP contribution >= 0.6 is 23.8 Å². The number of hydrogen-bond acceptors (Lipinski definition) is 2. The molecule has 0 aliphatic carbocycles. The first kappa shape index (κ1) is 15.3. The Labute approximate surface area is 119 Å². The van der Waals surface area contributed by atoms with Crippen molar-refractivity contribution in [1.82, 2.24) is 0 Å². The largest absolute Gasteiger partial charge is 0.493 e. The monoisotopic (exact) mass is 285 g/mol. The van der Waals surface area contributed by atoms with Gasteiger partial charge in [0.1, 0.15) is 5.75 Å². The van der Waals surface area contributed by atoms with E-state index in [1.54, 1.807) is 0 Å². The molecule has 0 fully saturated rings. The van der Waals surface area contributed by atoms with Crippen molar-refractivity contribution in [2.45, 2.75) is 40.0 Å².